The Morgan fingerprint density at radius 1 is 0.706 bits per heavy atom. The number of hydrogen-bond donors (Lipinski definition) is 1. The Hall–Kier alpha value is -7.02. The van der Waals surface area contributed by atoms with E-state index < -0.39 is 0 Å². The van der Waals surface area contributed by atoms with Gasteiger partial charge in [-0.25, -0.2) is 0 Å². The third kappa shape index (κ3) is 4.85. The SMILES string of the molecule is CNc1c(Oc2ccc(-c3cccc(C#N)c3N3c4ccccc4C4C=CC=CC43)cc2)ccc2oc3ccc(-c4ccccc4C#N)cc3c12. The van der Waals surface area contributed by atoms with E-state index >= 15 is 0 Å². The van der Waals surface area contributed by atoms with Crippen LogP contribution in [-0.2, 0) is 0 Å². The highest BCUT2D eigenvalue weighted by Gasteiger charge is 2.39. The van der Waals surface area contributed by atoms with E-state index in [4.69, 9.17) is 9.15 Å². The summed E-state index contributed by atoms with van der Waals surface area (Å²) < 4.78 is 12.8. The molecule has 51 heavy (non-hydrogen) atoms. The fraction of sp³-hybridized carbons (Fsp3) is 0.0667. The highest BCUT2D eigenvalue weighted by molar-refractivity contribution is 6.14. The molecule has 2 aliphatic rings. The Bertz CT molecular complexity index is 2650. The van der Waals surface area contributed by atoms with Gasteiger partial charge in [0.05, 0.1) is 40.0 Å². The fourth-order valence-corrected chi connectivity index (χ4v) is 7.69. The molecule has 242 valence electrons. The standard InChI is InChI=1S/C45H30N4O2/c1-48-44-42(24-23-41-43(44)37-25-29(19-22-40(37)51-41)33-11-3-2-9-30(33)26-46)50-32-20-17-28(18-21-32)34-14-8-10-31(27-47)45(34)49-38-15-6-4-12-35(38)36-13-5-7-16-39(36)49/h2-25,35,38,48H,1H3. The minimum Gasteiger partial charge on any atom is -0.456 e. The molecule has 0 saturated carbocycles. The molecule has 6 aromatic carbocycles. The number of benzene rings is 6. The van der Waals surface area contributed by atoms with Gasteiger partial charge in [-0.1, -0.05) is 91.0 Å². The van der Waals surface area contributed by atoms with Crippen molar-refractivity contribution in [2.24, 2.45) is 0 Å². The van der Waals surface area contributed by atoms with Gasteiger partial charge in [-0.3, -0.25) is 0 Å². The number of rotatable bonds is 6. The van der Waals surface area contributed by atoms with Crippen LogP contribution < -0.4 is 15.0 Å². The summed E-state index contributed by atoms with van der Waals surface area (Å²) in [6, 6.07) is 44.8. The van der Waals surface area contributed by atoms with E-state index in [2.05, 4.69) is 95.2 Å². The quantitative estimate of drug-likeness (QED) is 0.191. The molecule has 0 bridgehead atoms. The molecule has 6 heteroatoms. The van der Waals surface area contributed by atoms with Crippen LogP contribution in [0.2, 0.25) is 0 Å². The molecule has 0 saturated heterocycles. The fourth-order valence-electron chi connectivity index (χ4n) is 7.69. The van der Waals surface area contributed by atoms with Gasteiger partial charge in [-0.2, -0.15) is 10.5 Å². The topological polar surface area (TPSA) is 85.2 Å². The first-order valence-corrected chi connectivity index (χ1v) is 16.9. The van der Waals surface area contributed by atoms with Gasteiger partial charge in [-0.05, 0) is 76.9 Å². The van der Waals surface area contributed by atoms with Crippen LogP contribution in [0.5, 0.6) is 11.5 Å². The molecule has 6 nitrogen and oxygen atoms in total. The van der Waals surface area contributed by atoms with Crippen LogP contribution in [0.4, 0.5) is 17.1 Å². The largest absolute Gasteiger partial charge is 0.456 e. The maximum Gasteiger partial charge on any atom is 0.151 e. The predicted octanol–water partition coefficient (Wildman–Crippen LogP) is 11.2. The Balaban J connectivity index is 1.09. The maximum atomic E-state index is 10.3. The van der Waals surface area contributed by atoms with Crippen molar-refractivity contribution >= 4 is 39.0 Å². The van der Waals surface area contributed by atoms with E-state index in [0.717, 1.165) is 61.3 Å². The summed E-state index contributed by atoms with van der Waals surface area (Å²) in [7, 11) is 1.88. The molecular formula is C45H30N4O2. The van der Waals surface area contributed by atoms with E-state index in [9.17, 15) is 10.5 Å². The monoisotopic (exact) mass is 658 g/mol. The lowest BCUT2D eigenvalue weighted by molar-refractivity contribution is 0.485. The number of ether oxygens (including phenoxy) is 1. The lowest BCUT2D eigenvalue weighted by Crippen LogP contribution is -2.29. The Labute approximate surface area is 295 Å². The normalized spacial score (nSPS) is 15.7. The summed E-state index contributed by atoms with van der Waals surface area (Å²) in [4.78, 5) is 2.33. The van der Waals surface area contributed by atoms with Crippen LogP contribution in [0.3, 0.4) is 0 Å². The smallest absolute Gasteiger partial charge is 0.151 e. The van der Waals surface area contributed by atoms with Crippen molar-refractivity contribution in [3.8, 4) is 45.9 Å². The molecule has 7 aromatic rings. The number of anilines is 3. The van der Waals surface area contributed by atoms with E-state index in [1.54, 1.807) is 0 Å². The van der Waals surface area contributed by atoms with Crippen molar-refractivity contribution < 1.29 is 9.15 Å². The first-order chi connectivity index (χ1) is 25.2. The van der Waals surface area contributed by atoms with Crippen molar-refractivity contribution in [2.45, 2.75) is 12.0 Å². The molecule has 1 aromatic heterocycles. The van der Waals surface area contributed by atoms with Gasteiger partial charge in [0.1, 0.15) is 23.0 Å². The zero-order chi connectivity index (χ0) is 34.5. The number of nitriles is 2. The van der Waals surface area contributed by atoms with Crippen LogP contribution >= 0.6 is 0 Å². The molecule has 0 spiro atoms. The Kier molecular flexibility index (Phi) is 7.16. The van der Waals surface area contributed by atoms with E-state index in [-0.39, 0.29) is 12.0 Å². The van der Waals surface area contributed by atoms with Crippen molar-refractivity contribution in [2.75, 3.05) is 17.3 Å². The second-order valence-corrected chi connectivity index (χ2v) is 12.7. The zero-order valence-corrected chi connectivity index (χ0v) is 27.7. The molecule has 1 aliphatic heterocycles. The summed E-state index contributed by atoms with van der Waals surface area (Å²) in [5.41, 5.74) is 10.6. The van der Waals surface area contributed by atoms with Crippen LogP contribution in [0.25, 0.3) is 44.2 Å². The van der Waals surface area contributed by atoms with Gasteiger partial charge in [-0.15, -0.1) is 0 Å². The van der Waals surface area contributed by atoms with E-state index in [0.29, 0.717) is 22.6 Å². The van der Waals surface area contributed by atoms with E-state index in [1.165, 1.54) is 5.56 Å². The summed E-state index contributed by atoms with van der Waals surface area (Å²) in [6.07, 6.45) is 8.68. The molecule has 0 fully saturated rings. The lowest BCUT2D eigenvalue weighted by Gasteiger charge is -2.31. The van der Waals surface area contributed by atoms with Gasteiger partial charge < -0.3 is 19.4 Å². The van der Waals surface area contributed by atoms with Crippen LogP contribution in [0.1, 0.15) is 22.6 Å². The van der Waals surface area contributed by atoms with Crippen LogP contribution in [0.15, 0.2) is 150 Å². The first-order valence-electron chi connectivity index (χ1n) is 16.9. The van der Waals surface area contributed by atoms with Gasteiger partial charge in [0.25, 0.3) is 0 Å². The lowest BCUT2D eigenvalue weighted by atomic mass is 9.91. The molecule has 0 amide bonds. The van der Waals surface area contributed by atoms with Crippen molar-refractivity contribution in [1.29, 1.82) is 10.5 Å². The van der Waals surface area contributed by atoms with Crippen molar-refractivity contribution in [3.05, 3.63) is 162 Å². The van der Waals surface area contributed by atoms with Gasteiger partial charge in [0.15, 0.2) is 5.75 Å². The minimum atomic E-state index is 0.0781. The van der Waals surface area contributed by atoms with Crippen molar-refractivity contribution in [1.82, 2.24) is 0 Å². The summed E-state index contributed by atoms with van der Waals surface area (Å²) in [5, 5.41) is 25.2. The second-order valence-electron chi connectivity index (χ2n) is 12.7. The summed E-state index contributed by atoms with van der Waals surface area (Å²) in [5.74, 6) is 1.55. The molecule has 2 atom stereocenters. The highest BCUT2D eigenvalue weighted by Crippen LogP contribution is 2.51. The van der Waals surface area contributed by atoms with Crippen molar-refractivity contribution in [3.63, 3.8) is 0 Å². The number of hydrogen-bond acceptors (Lipinski definition) is 6. The minimum absolute atomic E-state index is 0.0781. The average molecular weight is 659 g/mol. The van der Waals surface area contributed by atoms with E-state index in [1.807, 2.05) is 79.8 Å². The summed E-state index contributed by atoms with van der Waals surface area (Å²) in [6.45, 7) is 0. The van der Waals surface area contributed by atoms with Crippen LogP contribution in [0, 0.1) is 22.7 Å². The third-order valence-electron chi connectivity index (χ3n) is 9.96. The molecule has 2 unspecified atom stereocenters. The zero-order valence-electron chi connectivity index (χ0n) is 27.7. The van der Waals surface area contributed by atoms with Gasteiger partial charge >= 0.3 is 0 Å². The number of furan rings is 1. The number of allylic oxidation sites excluding steroid dienone is 2. The molecule has 1 aliphatic carbocycles. The number of para-hydroxylation sites is 2. The number of nitrogens with one attached hydrogen (secondary N) is 1. The molecule has 2 heterocycles. The Morgan fingerprint density at radius 2 is 1.43 bits per heavy atom. The number of nitrogens with zero attached hydrogens (tertiary/aromatic N) is 3. The molecule has 0 radical (unpaired) electrons. The first kappa shape index (κ1) is 30.1. The molecule has 1 N–H and O–H groups in total. The third-order valence-corrected chi connectivity index (χ3v) is 9.96. The second kappa shape index (κ2) is 12.1. The number of fused-ring (bicyclic) bond motifs is 6. The predicted molar refractivity (Wildman–Crippen MR) is 203 cm³/mol. The molecule has 9 rings (SSSR count). The highest BCUT2D eigenvalue weighted by atomic mass is 16.5. The summed E-state index contributed by atoms with van der Waals surface area (Å²) >= 11 is 0. The van der Waals surface area contributed by atoms with Crippen LogP contribution in [-0.4, -0.2) is 13.1 Å². The average Bonchev–Trinajstić information content (AvgIpc) is 3.73. The van der Waals surface area contributed by atoms with Gasteiger partial charge in [0.2, 0.25) is 0 Å². The Morgan fingerprint density at radius 3 is 2.27 bits per heavy atom. The maximum absolute atomic E-state index is 10.3. The molecular weight excluding hydrogens is 629 g/mol. The van der Waals surface area contributed by atoms with Gasteiger partial charge in [0, 0.05) is 29.6 Å².